The van der Waals surface area contributed by atoms with Crippen LogP contribution in [-0.4, -0.2) is 4.98 Å². The molecule has 0 aliphatic carbocycles. The van der Waals surface area contributed by atoms with Gasteiger partial charge in [0.05, 0.1) is 5.56 Å². The number of aromatic nitrogens is 1. The van der Waals surface area contributed by atoms with E-state index in [-0.39, 0.29) is 5.56 Å². The molecule has 1 aromatic rings. The average molecular weight is 134 g/mol. The molecule has 3 nitrogen and oxygen atoms in total. The van der Waals surface area contributed by atoms with Gasteiger partial charge in [-0.2, -0.15) is 0 Å². The third-order valence-corrected chi connectivity index (χ3v) is 1.09. The van der Waals surface area contributed by atoms with Gasteiger partial charge in [-0.25, -0.2) is 0 Å². The van der Waals surface area contributed by atoms with Crippen molar-refractivity contribution in [1.82, 2.24) is 4.98 Å². The van der Waals surface area contributed by atoms with Gasteiger partial charge in [-0.15, -0.1) is 6.42 Å². The maximum Gasteiger partial charge on any atom is 0.265 e. The Hall–Kier alpha value is -1.69. The summed E-state index contributed by atoms with van der Waals surface area (Å²) in [6, 6.07) is 3.06. The summed E-state index contributed by atoms with van der Waals surface area (Å²) in [5, 5.41) is 0. The van der Waals surface area contributed by atoms with E-state index < -0.39 is 0 Å². The van der Waals surface area contributed by atoms with Crippen LogP contribution in [0.4, 0.5) is 5.82 Å². The van der Waals surface area contributed by atoms with Crippen LogP contribution < -0.4 is 11.3 Å². The predicted octanol–water partition coefficient (Wildman–Crippen LogP) is -0.0616. The van der Waals surface area contributed by atoms with Crippen molar-refractivity contribution in [3.8, 4) is 12.3 Å². The first kappa shape index (κ1) is 6.43. The Labute approximate surface area is 57.9 Å². The smallest absolute Gasteiger partial charge is 0.265 e. The van der Waals surface area contributed by atoms with Crippen molar-refractivity contribution >= 4 is 5.82 Å². The molecule has 1 heterocycles. The van der Waals surface area contributed by atoms with Crippen LogP contribution in [0.3, 0.4) is 0 Å². The van der Waals surface area contributed by atoms with E-state index >= 15 is 0 Å². The molecule has 10 heavy (non-hydrogen) atoms. The van der Waals surface area contributed by atoms with Crippen molar-refractivity contribution in [2.45, 2.75) is 0 Å². The molecular weight excluding hydrogens is 128 g/mol. The topological polar surface area (TPSA) is 58.9 Å². The number of H-pyrrole nitrogens is 1. The lowest BCUT2D eigenvalue weighted by Gasteiger charge is -1.90. The fraction of sp³-hybridized carbons (Fsp3) is 0. The second-order valence-electron chi connectivity index (χ2n) is 1.80. The zero-order chi connectivity index (χ0) is 7.56. The maximum atomic E-state index is 10.8. The number of terminal acetylenes is 1. The molecule has 0 bridgehead atoms. The molecular formula is C7H6N2O. The molecule has 0 aliphatic rings. The van der Waals surface area contributed by atoms with Crippen LogP contribution in [0.1, 0.15) is 5.56 Å². The van der Waals surface area contributed by atoms with Gasteiger partial charge in [-0.1, -0.05) is 5.92 Å². The first-order chi connectivity index (χ1) is 4.74. The summed E-state index contributed by atoms with van der Waals surface area (Å²) in [5.74, 6) is 2.55. The number of hydrogen-bond donors (Lipinski definition) is 2. The van der Waals surface area contributed by atoms with Crippen molar-refractivity contribution in [2.75, 3.05) is 5.73 Å². The average Bonchev–Trinajstić information content (AvgIpc) is 1.88. The molecule has 1 aromatic heterocycles. The van der Waals surface area contributed by atoms with Crippen molar-refractivity contribution in [1.29, 1.82) is 0 Å². The van der Waals surface area contributed by atoms with E-state index in [1.54, 1.807) is 6.07 Å². The third-order valence-electron chi connectivity index (χ3n) is 1.09. The summed E-state index contributed by atoms with van der Waals surface area (Å²) in [7, 11) is 0. The summed E-state index contributed by atoms with van der Waals surface area (Å²) in [5.41, 5.74) is 5.24. The van der Waals surface area contributed by atoms with Gasteiger partial charge in [0.15, 0.2) is 0 Å². The molecule has 0 fully saturated rings. The fourth-order valence-electron chi connectivity index (χ4n) is 0.603. The predicted molar refractivity (Wildman–Crippen MR) is 39.4 cm³/mol. The lowest BCUT2D eigenvalue weighted by molar-refractivity contribution is 1.23. The molecule has 3 N–H and O–H groups in total. The van der Waals surface area contributed by atoms with E-state index in [4.69, 9.17) is 12.2 Å². The zero-order valence-electron chi connectivity index (χ0n) is 5.22. The number of nitrogens with one attached hydrogen (secondary N) is 1. The summed E-state index contributed by atoms with van der Waals surface area (Å²) in [4.78, 5) is 13.2. The lowest BCUT2D eigenvalue weighted by Crippen LogP contribution is -2.11. The Kier molecular flexibility index (Phi) is 1.46. The summed E-state index contributed by atoms with van der Waals surface area (Å²) >= 11 is 0. The second-order valence-corrected chi connectivity index (χ2v) is 1.80. The summed E-state index contributed by atoms with van der Waals surface area (Å²) in [6.07, 6.45) is 4.99. The minimum Gasteiger partial charge on any atom is -0.385 e. The van der Waals surface area contributed by atoms with Gasteiger partial charge in [-0.05, 0) is 12.1 Å². The highest BCUT2D eigenvalue weighted by atomic mass is 16.1. The molecule has 0 radical (unpaired) electrons. The second kappa shape index (κ2) is 2.28. The molecule has 3 heteroatoms. The summed E-state index contributed by atoms with van der Waals surface area (Å²) in [6.45, 7) is 0. The highest BCUT2D eigenvalue weighted by Gasteiger charge is 1.92. The van der Waals surface area contributed by atoms with Gasteiger partial charge >= 0.3 is 0 Å². The molecule has 50 valence electrons. The Morgan fingerprint density at radius 2 is 2.30 bits per heavy atom. The number of nitrogens with two attached hydrogens (primary N) is 1. The van der Waals surface area contributed by atoms with Crippen LogP contribution in [0.25, 0.3) is 0 Å². The number of rotatable bonds is 0. The largest absolute Gasteiger partial charge is 0.385 e. The van der Waals surface area contributed by atoms with Gasteiger partial charge in [0.1, 0.15) is 5.82 Å². The third kappa shape index (κ3) is 1.00. The molecule has 0 amide bonds. The molecule has 0 aromatic carbocycles. The summed E-state index contributed by atoms with van der Waals surface area (Å²) < 4.78 is 0. The van der Waals surface area contributed by atoms with E-state index in [2.05, 4.69) is 10.9 Å². The Morgan fingerprint density at radius 3 is 2.80 bits per heavy atom. The van der Waals surface area contributed by atoms with Crippen LogP contribution in [0, 0.1) is 12.3 Å². The first-order valence-electron chi connectivity index (χ1n) is 2.69. The van der Waals surface area contributed by atoms with Gasteiger partial charge < -0.3 is 10.7 Å². The van der Waals surface area contributed by atoms with E-state index in [0.717, 1.165) is 0 Å². The number of aromatic amines is 1. The van der Waals surface area contributed by atoms with Crippen LogP contribution in [0.5, 0.6) is 0 Å². The molecule has 0 aliphatic heterocycles. The van der Waals surface area contributed by atoms with Crippen molar-refractivity contribution in [3.63, 3.8) is 0 Å². The van der Waals surface area contributed by atoms with Gasteiger partial charge in [-0.3, -0.25) is 4.79 Å². The molecule has 0 atom stereocenters. The molecule has 0 spiro atoms. The minimum atomic E-state index is -0.317. The van der Waals surface area contributed by atoms with Gasteiger partial charge in [0.25, 0.3) is 5.56 Å². The minimum absolute atomic E-state index is 0.300. The number of hydrogen-bond acceptors (Lipinski definition) is 2. The molecule has 0 saturated heterocycles. The monoisotopic (exact) mass is 134 g/mol. The van der Waals surface area contributed by atoms with Crippen LogP contribution in [0.2, 0.25) is 0 Å². The fourth-order valence-corrected chi connectivity index (χ4v) is 0.603. The van der Waals surface area contributed by atoms with Gasteiger partial charge in [0.2, 0.25) is 0 Å². The van der Waals surface area contributed by atoms with Crippen LogP contribution in [0.15, 0.2) is 16.9 Å². The van der Waals surface area contributed by atoms with E-state index in [0.29, 0.717) is 11.4 Å². The van der Waals surface area contributed by atoms with Crippen molar-refractivity contribution in [3.05, 3.63) is 28.0 Å². The normalized spacial score (nSPS) is 8.70. The SMILES string of the molecule is C#Cc1ccc(N)[nH]c1=O. The standard InChI is InChI=1S/C7H6N2O/c1-2-5-3-4-6(8)9-7(5)10/h1,3-4H,(H3,8,9,10). The lowest BCUT2D eigenvalue weighted by atomic mass is 10.3. The van der Waals surface area contributed by atoms with Gasteiger partial charge in [0, 0.05) is 0 Å². The number of anilines is 1. The Balaban J connectivity index is 3.38. The Bertz CT molecular complexity index is 332. The Morgan fingerprint density at radius 1 is 1.60 bits per heavy atom. The van der Waals surface area contributed by atoms with E-state index in [1.807, 2.05) is 0 Å². The van der Waals surface area contributed by atoms with Crippen LogP contribution >= 0.6 is 0 Å². The van der Waals surface area contributed by atoms with E-state index in [1.165, 1.54) is 6.07 Å². The molecule has 0 saturated carbocycles. The highest BCUT2D eigenvalue weighted by Crippen LogP contribution is 1.92. The molecule has 1 rings (SSSR count). The van der Waals surface area contributed by atoms with Crippen LogP contribution in [-0.2, 0) is 0 Å². The number of pyridine rings is 1. The van der Waals surface area contributed by atoms with Crippen molar-refractivity contribution < 1.29 is 0 Å². The molecule has 0 unspecified atom stereocenters. The zero-order valence-corrected chi connectivity index (χ0v) is 5.22. The first-order valence-corrected chi connectivity index (χ1v) is 2.69. The maximum absolute atomic E-state index is 10.8. The van der Waals surface area contributed by atoms with Crippen molar-refractivity contribution in [2.24, 2.45) is 0 Å². The van der Waals surface area contributed by atoms with E-state index in [9.17, 15) is 4.79 Å². The quantitative estimate of drug-likeness (QED) is 0.488. The number of nitrogen functional groups attached to an aromatic ring is 1. The highest BCUT2D eigenvalue weighted by molar-refractivity contribution is 5.36.